The molecule has 0 aliphatic rings. The smallest absolute Gasteiger partial charge is 0.271 e. The first-order valence-electron chi connectivity index (χ1n) is 6.27. The first-order chi connectivity index (χ1) is 9.88. The van der Waals surface area contributed by atoms with E-state index >= 15 is 0 Å². The van der Waals surface area contributed by atoms with Crippen LogP contribution >= 0.6 is 23.2 Å². The summed E-state index contributed by atoms with van der Waals surface area (Å²) in [7, 11) is 0. The number of carbonyl (C=O) groups excluding carboxylic acids is 1. The van der Waals surface area contributed by atoms with Gasteiger partial charge in [0.05, 0.1) is 11.1 Å². The average molecular weight is 327 g/mol. The molecule has 0 aliphatic carbocycles. The first-order valence-corrected chi connectivity index (χ1v) is 7.03. The molecule has 1 N–H and O–H groups in total. The molecule has 0 saturated heterocycles. The Bertz CT molecular complexity index is 691. The van der Waals surface area contributed by atoms with Crippen molar-refractivity contribution >= 4 is 29.1 Å². The predicted octanol–water partition coefficient (Wildman–Crippen LogP) is 4.33. The van der Waals surface area contributed by atoms with Gasteiger partial charge in [-0.25, -0.2) is 9.37 Å². The second-order valence-electron chi connectivity index (χ2n) is 4.67. The number of nitrogens with one attached hydrogen (secondary N) is 1. The molecule has 1 unspecified atom stereocenters. The van der Waals surface area contributed by atoms with Gasteiger partial charge in [-0.15, -0.1) is 0 Å². The second kappa shape index (κ2) is 6.41. The zero-order chi connectivity index (χ0) is 15.6. The fourth-order valence-corrected chi connectivity index (χ4v) is 2.14. The van der Waals surface area contributed by atoms with Crippen molar-refractivity contribution in [3.05, 3.63) is 63.1 Å². The van der Waals surface area contributed by atoms with E-state index < -0.39 is 5.91 Å². The normalized spacial score (nSPS) is 12.0. The molecule has 6 heteroatoms. The molecule has 0 fully saturated rings. The molecule has 2 aromatic rings. The summed E-state index contributed by atoms with van der Waals surface area (Å²) in [4.78, 5) is 16.0. The predicted molar refractivity (Wildman–Crippen MR) is 81.3 cm³/mol. The lowest BCUT2D eigenvalue weighted by Gasteiger charge is -2.15. The maximum Gasteiger partial charge on any atom is 0.271 e. The topological polar surface area (TPSA) is 42.0 Å². The lowest BCUT2D eigenvalue weighted by atomic mass is 10.1. The molecule has 0 saturated carbocycles. The number of nitrogens with zero attached hydrogens (tertiary/aromatic N) is 1. The minimum absolute atomic E-state index is 0.0450. The van der Waals surface area contributed by atoms with E-state index in [1.165, 1.54) is 18.2 Å². The third-order valence-electron chi connectivity index (χ3n) is 3.07. The molecule has 1 aromatic heterocycles. The standard InChI is InChI=1S/C15H13Cl2FN2O/c1-8-3-4-10(7-12(8)18)9(2)19-15(21)14-11(16)5-6-13(17)20-14/h3-7,9H,1-2H3,(H,19,21). The van der Waals surface area contributed by atoms with Crippen LogP contribution in [-0.2, 0) is 0 Å². The Hall–Kier alpha value is -1.65. The number of aromatic nitrogens is 1. The zero-order valence-corrected chi connectivity index (χ0v) is 13.0. The summed E-state index contributed by atoms with van der Waals surface area (Å²) >= 11 is 11.7. The molecular weight excluding hydrogens is 314 g/mol. The van der Waals surface area contributed by atoms with Crippen LogP contribution in [-0.4, -0.2) is 10.9 Å². The van der Waals surface area contributed by atoms with Crippen LogP contribution in [0.15, 0.2) is 30.3 Å². The first kappa shape index (κ1) is 15.7. The number of pyridine rings is 1. The van der Waals surface area contributed by atoms with E-state index in [0.717, 1.165) is 0 Å². The summed E-state index contributed by atoms with van der Waals surface area (Å²) in [6.45, 7) is 3.43. The van der Waals surface area contributed by atoms with Gasteiger partial charge in [0.2, 0.25) is 0 Å². The van der Waals surface area contributed by atoms with E-state index in [4.69, 9.17) is 23.2 Å². The van der Waals surface area contributed by atoms with Crippen LogP contribution < -0.4 is 5.32 Å². The minimum atomic E-state index is -0.462. The van der Waals surface area contributed by atoms with Crippen LogP contribution in [0, 0.1) is 12.7 Å². The summed E-state index contributed by atoms with van der Waals surface area (Å²) in [5.74, 6) is -0.775. The van der Waals surface area contributed by atoms with Crippen molar-refractivity contribution in [2.24, 2.45) is 0 Å². The van der Waals surface area contributed by atoms with Crippen molar-refractivity contribution in [2.45, 2.75) is 19.9 Å². The SMILES string of the molecule is Cc1ccc(C(C)NC(=O)c2nc(Cl)ccc2Cl)cc1F. The number of hydrogen-bond donors (Lipinski definition) is 1. The highest BCUT2D eigenvalue weighted by atomic mass is 35.5. The Morgan fingerprint density at radius 2 is 2.00 bits per heavy atom. The third kappa shape index (κ3) is 3.71. The summed E-state index contributed by atoms with van der Waals surface area (Å²) in [6.07, 6.45) is 0. The fourth-order valence-electron chi connectivity index (χ4n) is 1.80. The quantitative estimate of drug-likeness (QED) is 0.853. The lowest BCUT2D eigenvalue weighted by molar-refractivity contribution is 0.0935. The van der Waals surface area contributed by atoms with Crippen molar-refractivity contribution < 1.29 is 9.18 Å². The summed E-state index contributed by atoms with van der Waals surface area (Å²) < 4.78 is 13.6. The molecule has 1 heterocycles. The maximum absolute atomic E-state index is 13.6. The summed E-state index contributed by atoms with van der Waals surface area (Å²) in [5.41, 5.74) is 1.25. The van der Waals surface area contributed by atoms with E-state index in [1.807, 2.05) is 0 Å². The molecular formula is C15H13Cl2FN2O. The third-order valence-corrected chi connectivity index (χ3v) is 3.59. The summed E-state index contributed by atoms with van der Waals surface area (Å²) in [5, 5.41) is 3.10. The molecule has 0 bridgehead atoms. The van der Waals surface area contributed by atoms with Crippen LogP contribution in [0.2, 0.25) is 10.2 Å². The van der Waals surface area contributed by atoms with Gasteiger partial charge in [-0.3, -0.25) is 4.79 Å². The molecule has 1 aromatic carbocycles. The van der Waals surface area contributed by atoms with Gasteiger partial charge in [0, 0.05) is 0 Å². The van der Waals surface area contributed by atoms with Gasteiger partial charge < -0.3 is 5.32 Å². The lowest BCUT2D eigenvalue weighted by Crippen LogP contribution is -2.27. The van der Waals surface area contributed by atoms with Crippen LogP contribution in [0.4, 0.5) is 4.39 Å². The molecule has 2 rings (SSSR count). The Morgan fingerprint density at radius 3 is 2.67 bits per heavy atom. The van der Waals surface area contributed by atoms with Gasteiger partial charge >= 0.3 is 0 Å². The number of hydrogen-bond acceptors (Lipinski definition) is 2. The van der Waals surface area contributed by atoms with Gasteiger partial charge in [-0.1, -0.05) is 35.3 Å². The van der Waals surface area contributed by atoms with Crippen molar-refractivity contribution in [2.75, 3.05) is 0 Å². The highest BCUT2D eigenvalue weighted by Gasteiger charge is 2.16. The summed E-state index contributed by atoms with van der Waals surface area (Å²) in [6, 6.07) is 7.44. The Balaban J connectivity index is 2.18. The van der Waals surface area contributed by atoms with Gasteiger partial charge in [0.15, 0.2) is 0 Å². The van der Waals surface area contributed by atoms with Crippen molar-refractivity contribution in [3.8, 4) is 0 Å². The van der Waals surface area contributed by atoms with E-state index in [2.05, 4.69) is 10.3 Å². The molecule has 1 amide bonds. The van der Waals surface area contributed by atoms with Crippen LogP contribution in [0.3, 0.4) is 0 Å². The number of amides is 1. The van der Waals surface area contributed by atoms with Gasteiger partial charge in [-0.05, 0) is 43.2 Å². The van der Waals surface area contributed by atoms with Gasteiger partial charge in [-0.2, -0.15) is 0 Å². The van der Waals surface area contributed by atoms with Crippen LogP contribution in [0.5, 0.6) is 0 Å². The molecule has 1 atom stereocenters. The number of halogens is 3. The maximum atomic E-state index is 13.6. The largest absolute Gasteiger partial charge is 0.344 e. The Morgan fingerprint density at radius 1 is 1.29 bits per heavy atom. The fraction of sp³-hybridized carbons (Fsp3) is 0.200. The molecule has 0 spiro atoms. The van der Waals surface area contributed by atoms with E-state index in [0.29, 0.717) is 11.1 Å². The van der Waals surface area contributed by atoms with E-state index in [1.54, 1.807) is 26.0 Å². The number of benzene rings is 1. The van der Waals surface area contributed by atoms with Crippen molar-refractivity contribution in [1.29, 1.82) is 0 Å². The molecule has 0 aliphatic heterocycles. The number of rotatable bonds is 3. The van der Waals surface area contributed by atoms with Crippen molar-refractivity contribution in [3.63, 3.8) is 0 Å². The molecule has 0 radical (unpaired) electrons. The van der Waals surface area contributed by atoms with Gasteiger partial charge in [0.25, 0.3) is 5.91 Å². The highest BCUT2D eigenvalue weighted by molar-refractivity contribution is 6.34. The van der Waals surface area contributed by atoms with Crippen LogP contribution in [0.25, 0.3) is 0 Å². The Kier molecular flexibility index (Phi) is 4.80. The number of aryl methyl sites for hydroxylation is 1. The van der Waals surface area contributed by atoms with Gasteiger partial charge in [0.1, 0.15) is 16.7 Å². The minimum Gasteiger partial charge on any atom is -0.344 e. The molecule has 110 valence electrons. The van der Waals surface area contributed by atoms with Crippen LogP contribution in [0.1, 0.15) is 34.6 Å². The monoisotopic (exact) mass is 326 g/mol. The van der Waals surface area contributed by atoms with Crippen molar-refractivity contribution in [1.82, 2.24) is 10.3 Å². The molecule has 21 heavy (non-hydrogen) atoms. The Labute approximate surface area is 132 Å². The highest BCUT2D eigenvalue weighted by Crippen LogP contribution is 2.20. The van der Waals surface area contributed by atoms with E-state index in [-0.39, 0.29) is 27.7 Å². The second-order valence-corrected chi connectivity index (χ2v) is 5.46. The molecule has 3 nitrogen and oxygen atoms in total. The van der Waals surface area contributed by atoms with E-state index in [9.17, 15) is 9.18 Å². The average Bonchev–Trinajstić information content (AvgIpc) is 2.44. The zero-order valence-electron chi connectivity index (χ0n) is 11.5. The number of carbonyl (C=O) groups is 1.